The van der Waals surface area contributed by atoms with Gasteiger partial charge in [-0.3, -0.25) is 4.79 Å². The molecule has 0 atom stereocenters. The normalized spacial score (nSPS) is 11.6. The first kappa shape index (κ1) is 24.5. The summed E-state index contributed by atoms with van der Waals surface area (Å²) in [5, 5.41) is 4.76. The van der Waals surface area contributed by atoms with Crippen molar-refractivity contribution in [3.63, 3.8) is 0 Å². The van der Waals surface area contributed by atoms with Crippen LogP contribution in [0.15, 0.2) is 65.6 Å². The van der Waals surface area contributed by atoms with Gasteiger partial charge in [0.05, 0.1) is 4.90 Å². The van der Waals surface area contributed by atoms with Crippen LogP contribution in [0.4, 0.5) is 0 Å². The van der Waals surface area contributed by atoms with Crippen molar-refractivity contribution < 1.29 is 13.2 Å². The zero-order valence-corrected chi connectivity index (χ0v) is 19.9. The van der Waals surface area contributed by atoms with Crippen molar-refractivity contribution in [2.75, 3.05) is 13.1 Å². The topological polar surface area (TPSA) is 75.3 Å². The molecule has 5 nitrogen and oxygen atoms in total. The van der Waals surface area contributed by atoms with E-state index in [1.807, 2.05) is 18.2 Å². The minimum atomic E-state index is -3.62. The molecule has 0 aromatic heterocycles. The maximum Gasteiger partial charge on any atom is 0.251 e. The fourth-order valence-corrected chi connectivity index (χ4v) is 5.12. The van der Waals surface area contributed by atoms with Crippen molar-refractivity contribution >= 4 is 49.9 Å². The molecule has 1 amide bonds. The molecule has 0 saturated heterocycles. The summed E-state index contributed by atoms with van der Waals surface area (Å²) in [6.45, 7) is 0.942. The molecule has 3 aromatic carbocycles. The second-order valence-corrected chi connectivity index (χ2v) is 9.90. The first-order chi connectivity index (χ1) is 15.4. The molecular weight excluding hydrogens is 467 g/mol. The number of benzene rings is 3. The lowest BCUT2D eigenvalue weighted by Crippen LogP contribution is -2.25. The van der Waals surface area contributed by atoms with Crippen LogP contribution in [0, 0.1) is 0 Å². The molecule has 0 bridgehead atoms. The number of carbonyl (C=O) groups excluding carboxylic acids is 1. The molecule has 8 heteroatoms. The molecule has 2 N–H and O–H groups in total. The van der Waals surface area contributed by atoms with Gasteiger partial charge in [0.15, 0.2) is 0 Å². The van der Waals surface area contributed by atoms with Crippen LogP contribution in [0.5, 0.6) is 0 Å². The van der Waals surface area contributed by atoms with E-state index in [9.17, 15) is 13.2 Å². The van der Waals surface area contributed by atoms with Crippen LogP contribution in [0.25, 0.3) is 10.8 Å². The maximum absolute atomic E-state index is 12.7. The summed E-state index contributed by atoms with van der Waals surface area (Å²) >= 11 is 11.9. The van der Waals surface area contributed by atoms with Gasteiger partial charge in [0.2, 0.25) is 10.0 Å². The number of nitrogens with one attached hydrogen (secondary N) is 2. The van der Waals surface area contributed by atoms with Crippen LogP contribution in [0.2, 0.25) is 5.02 Å². The van der Waals surface area contributed by atoms with Crippen molar-refractivity contribution in [3.05, 3.63) is 76.8 Å². The zero-order valence-electron chi connectivity index (χ0n) is 17.6. The molecule has 0 spiro atoms. The van der Waals surface area contributed by atoms with E-state index in [0.29, 0.717) is 40.3 Å². The number of fused-ring (bicyclic) bond motifs is 1. The molecule has 0 aliphatic heterocycles. The first-order valence-corrected chi connectivity index (χ1v) is 12.9. The second kappa shape index (κ2) is 11.7. The van der Waals surface area contributed by atoms with E-state index in [1.54, 1.807) is 42.5 Å². The molecular formula is C24H26Cl2N2O3S. The fourth-order valence-electron chi connectivity index (χ4n) is 3.41. The Hall–Kier alpha value is -2.12. The number of hydrogen-bond donors (Lipinski definition) is 2. The minimum Gasteiger partial charge on any atom is -0.352 e. The Kier molecular flexibility index (Phi) is 8.93. The lowest BCUT2D eigenvalue weighted by Gasteiger charge is -2.10. The first-order valence-electron chi connectivity index (χ1n) is 10.5. The largest absolute Gasteiger partial charge is 0.352 e. The Balaban J connectivity index is 1.37. The van der Waals surface area contributed by atoms with E-state index < -0.39 is 10.0 Å². The van der Waals surface area contributed by atoms with Gasteiger partial charge < -0.3 is 5.32 Å². The third-order valence-electron chi connectivity index (χ3n) is 5.17. The molecule has 3 rings (SSSR count). The predicted molar refractivity (Wildman–Crippen MR) is 131 cm³/mol. The lowest BCUT2D eigenvalue weighted by molar-refractivity contribution is 0.0953. The van der Waals surface area contributed by atoms with Crippen molar-refractivity contribution in [2.24, 2.45) is 0 Å². The number of alkyl halides is 1. The van der Waals surface area contributed by atoms with E-state index in [4.69, 9.17) is 23.2 Å². The second-order valence-electron chi connectivity index (χ2n) is 7.49. The average Bonchev–Trinajstić information content (AvgIpc) is 2.80. The molecule has 0 saturated carbocycles. The van der Waals surface area contributed by atoms with Gasteiger partial charge in [-0.05, 0) is 42.7 Å². The summed E-state index contributed by atoms with van der Waals surface area (Å²) in [5.41, 5.74) is 1.59. The number of carbonyl (C=O) groups is 1. The van der Waals surface area contributed by atoms with Gasteiger partial charge in [-0.15, -0.1) is 11.6 Å². The average molecular weight is 493 g/mol. The Morgan fingerprint density at radius 1 is 0.812 bits per heavy atom. The highest BCUT2D eigenvalue weighted by atomic mass is 35.5. The summed E-state index contributed by atoms with van der Waals surface area (Å²) in [5.74, 6) is 0.322. The van der Waals surface area contributed by atoms with E-state index in [-0.39, 0.29) is 10.8 Å². The number of halogens is 2. The van der Waals surface area contributed by atoms with Gasteiger partial charge in [0.25, 0.3) is 5.91 Å². The standard InChI is InChI=1S/C24H26Cl2N2O3S/c25-17-18-11-13-19(14-12-18)24(29)27-15-3-1-2-4-16-28-32(30,31)23-10-6-7-20-21(23)8-5-9-22(20)26/h5-14,28H,1-4,15-17H2,(H,27,29). The number of sulfonamides is 1. The highest BCUT2D eigenvalue weighted by Crippen LogP contribution is 2.28. The Labute approximate surface area is 199 Å². The molecule has 0 fully saturated rings. The molecule has 0 aliphatic carbocycles. The molecule has 170 valence electrons. The molecule has 0 radical (unpaired) electrons. The quantitative estimate of drug-likeness (QED) is 0.274. The number of rotatable bonds is 11. The Morgan fingerprint density at radius 3 is 2.19 bits per heavy atom. The summed E-state index contributed by atoms with van der Waals surface area (Å²) in [4.78, 5) is 12.3. The SMILES string of the molecule is O=C(NCCCCCCNS(=O)(=O)c1cccc2c(Cl)cccc12)c1ccc(CCl)cc1. The van der Waals surface area contributed by atoms with Gasteiger partial charge in [0, 0.05) is 40.3 Å². The van der Waals surface area contributed by atoms with Crippen molar-refractivity contribution in [1.29, 1.82) is 0 Å². The van der Waals surface area contributed by atoms with E-state index in [0.717, 1.165) is 31.2 Å². The van der Waals surface area contributed by atoms with Crippen LogP contribution in [-0.4, -0.2) is 27.4 Å². The minimum absolute atomic E-state index is 0.103. The van der Waals surface area contributed by atoms with E-state index in [2.05, 4.69) is 10.0 Å². The number of unbranched alkanes of at least 4 members (excludes halogenated alkanes) is 3. The highest BCUT2D eigenvalue weighted by molar-refractivity contribution is 7.89. The van der Waals surface area contributed by atoms with Gasteiger partial charge >= 0.3 is 0 Å². The van der Waals surface area contributed by atoms with Crippen LogP contribution < -0.4 is 10.0 Å². The molecule has 3 aromatic rings. The van der Waals surface area contributed by atoms with Gasteiger partial charge in [-0.1, -0.05) is 60.8 Å². The Bertz CT molecular complexity index is 1170. The molecule has 0 unspecified atom stereocenters. The van der Waals surface area contributed by atoms with Gasteiger partial charge in [0.1, 0.15) is 0 Å². The van der Waals surface area contributed by atoms with E-state index >= 15 is 0 Å². The van der Waals surface area contributed by atoms with Crippen LogP contribution in [-0.2, 0) is 15.9 Å². The van der Waals surface area contributed by atoms with Gasteiger partial charge in [-0.25, -0.2) is 13.1 Å². The van der Waals surface area contributed by atoms with E-state index in [1.165, 1.54) is 0 Å². The third-order valence-corrected chi connectivity index (χ3v) is 7.33. The maximum atomic E-state index is 12.7. The predicted octanol–water partition coefficient (Wildman–Crippen LogP) is 5.50. The zero-order chi connectivity index (χ0) is 23.0. The van der Waals surface area contributed by atoms with Crippen LogP contribution >= 0.6 is 23.2 Å². The monoisotopic (exact) mass is 492 g/mol. The lowest BCUT2D eigenvalue weighted by atomic mass is 10.1. The van der Waals surface area contributed by atoms with Crippen molar-refractivity contribution in [2.45, 2.75) is 36.5 Å². The van der Waals surface area contributed by atoms with Crippen LogP contribution in [0.3, 0.4) is 0 Å². The smallest absolute Gasteiger partial charge is 0.251 e. The summed E-state index contributed by atoms with van der Waals surface area (Å²) in [6.07, 6.45) is 3.32. The Morgan fingerprint density at radius 2 is 1.47 bits per heavy atom. The van der Waals surface area contributed by atoms with Gasteiger partial charge in [-0.2, -0.15) is 0 Å². The van der Waals surface area contributed by atoms with Crippen molar-refractivity contribution in [1.82, 2.24) is 10.0 Å². The molecule has 0 heterocycles. The van der Waals surface area contributed by atoms with Crippen molar-refractivity contribution in [3.8, 4) is 0 Å². The summed E-state index contributed by atoms with van der Waals surface area (Å²) in [7, 11) is -3.62. The molecule has 0 aliphatic rings. The fraction of sp³-hybridized carbons (Fsp3) is 0.292. The highest BCUT2D eigenvalue weighted by Gasteiger charge is 2.17. The number of amides is 1. The van der Waals surface area contributed by atoms with Crippen LogP contribution in [0.1, 0.15) is 41.6 Å². The third kappa shape index (κ3) is 6.45. The summed E-state index contributed by atoms with van der Waals surface area (Å²) < 4.78 is 28.1. The summed E-state index contributed by atoms with van der Waals surface area (Å²) in [6, 6.07) is 17.6. The molecule has 32 heavy (non-hydrogen) atoms. The number of hydrogen-bond acceptors (Lipinski definition) is 3.